The number of rotatable bonds is 3. The summed E-state index contributed by atoms with van der Waals surface area (Å²) in [5, 5.41) is 0. The molecule has 0 bridgehead atoms. The molecule has 0 aliphatic rings. The molecule has 0 aliphatic heterocycles. The summed E-state index contributed by atoms with van der Waals surface area (Å²) in [6.07, 6.45) is 0. The van der Waals surface area contributed by atoms with Gasteiger partial charge >= 0.3 is 0 Å². The van der Waals surface area contributed by atoms with Crippen LogP contribution < -0.4 is 10.5 Å². The predicted octanol–water partition coefficient (Wildman–Crippen LogP) is 3.50. The van der Waals surface area contributed by atoms with Crippen LogP contribution in [0.3, 0.4) is 0 Å². The number of halogens is 1. The lowest BCUT2D eigenvalue weighted by Crippen LogP contribution is -2.15. The Morgan fingerprint density at radius 2 is 1.74 bits per heavy atom. The van der Waals surface area contributed by atoms with E-state index < -0.39 is 6.04 Å². The van der Waals surface area contributed by atoms with E-state index in [-0.39, 0.29) is 5.82 Å². The second-order valence-electron chi connectivity index (χ2n) is 4.73. The Morgan fingerprint density at radius 1 is 1.11 bits per heavy atom. The van der Waals surface area contributed by atoms with Gasteiger partial charge in [-0.3, -0.25) is 0 Å². The lowest BCUT2D eigenvalue weighted by atomic mass is 9.94. The smallest absolute Gasteiger partial charge is 0.128 e. The highest BCUT2D eigenvalue weighted by molar-refractivity contribution is 5.41. The molecular weight excluding hydrogens is 241 g/mol. The van der Waals surface area contributed by atoms with Crippen LogP contribution in [0.5, 0.6) is 5.75 Å². The zero-order valence-electron chi connectivity index (χ0n) is 11.4. The van der Waals surface area contributed by atoms with Crippen molar-refractivity contribution in [3.05, 3.63) is 64.5 Å². The fourth-order valence-corrected chi connectivity index (χ4v) is 2.30. The van der Waals surface area contributed by atoms with E-state index in [0.717, 1.165) is 22.4 Å². The number of aryl methyl sites for hydroxylation is 2. The number of ether oxygens (including phenoxy) is 1. The van der Waals surface area contributed by atoms with Crippen molar-refractivity contribution in [1.29, 1.82) is 0 Å². The van der Waals surface area contributed by atoms with Gasteiger partial charge in [0.1, 0.15) is 11.6 Å². The first-order valence-corrected chi connectivity index (χ1v) is 6.19. The van der Waals surface area contributed by atoms with E-state index in [1.807, 2.05) is 44.2 Å². The van der Waals surface area contributed by atoms with Gasteiger partial charge in [-0.2, -0.15) is 0 Å². The van der Waals surface area contributed by atoms with Crippen molar-refractivity contribution < 1.29 is 9.13 Å². The average Bonchev–Trinajstić information content (AvgIpc) is 2.37. The summed E-state index contributed by atoms with van der Waals surface area (Å²) < 4.78 is 19.2. The van der Waals surface area contributed by atoms with Crippen LogP contribution in [0, 0.1) is 19.7 Å². The minimum Gasteiger partial charge on any atom is -0.497 e. The Bertz CT molecular complexity index is 555. The van der Waals surface area contributed by atoms with Gasteiger partial charge in [0.05, 0.1) is 13.2 Å². The predicted molar refractivity (Wildman–Crippen MR) is 74.9 cm³/mol. The third-order valence-corrected chi connectivity index (χ3v) is 3.27. The minimum absolute atomic E-state index is 0.249. The van der Waals surface area contributed by atoms with Gasteiger partial charge in [0.25, 0.3) is 0 Å². The molecule has 19 heavy (non-hydrogen) atoms. The molecule has 0 amide bonds. The van der Waals surface area contributed by atoms with E-state index in [4.69, 9.17) is 10.5 Å². The van der Waals surface area contributed by atoms with Crippen molar-refractivity contribution >= 4 is 0 Å². The Balaban J connectivity index is 2.40. The molecule has 2 nitrogen and oxygen atoms in total. The number of methoxy groups -OCH3 is 1. The number of hydrogen-bond acceptors (Lipinski definition) is 2. The molecule has 1 atom stereocenters. The molecule has 0 fully saturated rings. The molecular formula is C16H18FNO. The normalized spacial score (nSPS) is 12.3. The zero-order chi connectivity index (χ0) is 14.0. The van der Waals surface area contributed by atoms with Crippen molar-refractivity contribution in [2.45, 2.75) is 19.9 Å². The van der Waals surface area contributed by atoms with Gasteiger partial charge in [-0.15, -0.1) is 0 Å². The van der Waals surface area contributed by atoms with Crippen LogP contribution in [0.4, 0.5) is 4.39 Å². The van der Waals surface area contributed by atoms with Gasteiger partial charge in [-0.05, 0) is 48.7 Å². The standard InChI is InChI=1S/C16H18FNO/c1-10-8-11(2)15(14(17)9-10)16(18)12-4-6-13(19-3)7-5-12/h4-9,16H,18H2,1-3H3. The first-order valence-electron chi connectivity index (χ1n) is 6.19. The molecule has 2 N–H and O–H groups in total. The molecule has 0 saturated heterocycles. The number of nitrogens with two attached hydrogens (primary N) is 1. The second-order valence-corrected chi connectivity index (χ2v) is 4.73. The van der Waals surface area contributed by atoms with Crippen LogP contribution >= 0.6 is 0 Å². The molecule has 3 heteroatoms. The highest BCUT2D eigenvalue weighted by atomic mass is 19.1. The van der Waals surface area contributed by atoms with Crippen LogP contribution in [0.1, 0.15) is 28.3 Å². The highest BCUT2D eigenvalue weighted by Crippen LogP contribution is 2.27. The Morgan fingerprint density at radius 3 is 2.26 bits per heavy atom. The van der Waals surface area contributed by atoms with Gasteiger partial charge in [-0.25, -0.2) is 4.39 Å². The largest absolute Gasteiger partial charge is 0.497 e. The Labute approximate surface area is 113 Å². The maximum absolute atomic E-state index is 14.1. The molecule has 2 aromatic carbocycles. The molecule has 0 aliphatic carbocycles. The summed E-state index contributed by atoms with van der Waals surface area (Å²) in [6.45, 7) is 3.76. The first kappa shape index (κ1) is 13.6. The first-order chi connectivity index (χ1) is 9.02. The lowest BCUT2D eigenvalue weighted by Gasteiger charge is -2.17. The van der Waals surface area contributed by atoms with Crippen molar-refractivity contribution in [1.82, 2.24) is 0 Å². The van der Waals surface area contributed by atoms with Crippen LogP contribution in [-0.2, 0) is 0 Å². The summed E-state index contributed by atoms with van der Waals surface area (Å²) in [5.74, 6) is 0.512. The topological polar surface area (TPSA) is 35.2 Å². The summed E-state index contributed by atoms with van der Waals surface area (Å²) in [6, 6.07) is 10.4. The van der Waals surface area contributed by atoms with Gasteiger partial charge in [-0.1, -0.05) is 18.2 Å². The van der Waals surface area contributed by atoms with E-state index in [1.54, 1.807) is 7.11 Å². The van der Waals surface area contributed by atoms with E-state index in [1.165, 1.54) is 6.07 Å². The third-order valence-electron chi connectivity index (χ3n) is 3.27. The van der Waals surface area contributed by atoms with Gasteiger partial charge in [0, 0.05) is 5.56 Å². The number of hydrogen-bond donors (Lipinski definition) is 1. The SMILES string of the molecule is COc1ccc(C(N)c2c(C)cc(C)cc2F)cc1. The van der Waals surface area contributed by atoms with Crippen molar-refractivity contribution in [3.8, 4) is 5.75 Å². The summed E-state index contributed by atoms with van der Waals surface area (Å²) in [7, 11) is 1.61. The van der Waals surface area contributed by atoms with E-state index >= 15 is 0 Å². The van der Waals surface area contributed by atoms with Crippen LogP contribution in [-0.4, -0.2) is 7.11 Å². The van der Waals surface area contributed by atoms with Crippen LogP contribution in [0.25, 0.3) is 0 Å². The Hall–Kier alpha value is -1.87. The van der Waals surface area contributed by atoms with Crippen molar-refractivity contribution in [2.24, 2.45) is 5.73 Å². The molecule has 1 unspecified atom stereocenters. The molecule has 0 spiro atoms. The molecule has 0 saturated carbocycles. The van der Waals surface area contributed by atoms with Crippen molar-refractivity contribution in [3.63, 3.8) is 0 Å². The van der Waals surface area contributed by atoms with Gasteiger partial charge in [0.2, 0.25) is 0 Å². The molecule has 2 rings (SSSR count). The zero-order valence-corrected chi connectivity index (χ0v) is 11.4. The lowest BCUT2D eigenvalue weighted by molar-refractivity contribution is 0.414. The second kappa shape index (κ2) is 5.41. The molecule has 2 aromatic rings. The van der Waals surface area contributed by atoms with Crippen molar-refractivity contribution in [2.75, 3.05) is 7.11 Å². The van der Waals surface area contributed by atoms with Crippen LogP contribution in [0.15, 0.2) is 36.4 Å². The van der Waals surface area contributed by atoms with Gasteiger partial charge < -0.3 is 10.5 Å². The quantitative estimate of drug-likeness (QED) is 0.915. The molecule has 0 aromatic heterocycles. The van der Waals surface area contributed by atoms with Gasteiger partial charge in [0.15, 0.2) is 0 Å². The Kier molecular flexibility index (Phi) is 3.86. The summed E-state index contributed by atoms with van der Waals surface area (Å²) in [5.41, 5.74) is 9.38. The number of benzene rings is 2. The molecule has 100 valence electrons. The molecule has 0 radical (unpaired) electrons. The van der Waals surface area contributed by atoms with E-state index in [2.05, 4.69) is 0 Å². The fourth-order valence-electron chi connectivity index (χ4n) is 2.30. The average molecular weight is 259 g/mol. The molecule has 0 heterocycles. The minimum atomic E-state index is -0.466. The summed E-state index contributed by atoms with van der Waals surface area (Å²) >= 11 is 0. The van der Waals surface area contributed by atoms with Crippen LogP contribution in [0.2, 0.25) is 0 Å². The summed E-state index contributed by atoms with van der Waals surface area (Å²) in [4.78, 5) is 0. The maximum Gasteiger partial charge on any atom is 0.128 e. The third kappa shape index (κ3) is 2.76. The fraction of sp³-hybridized carbons (Fsp3) is 0.250. The maximum atomic E-state index is 14.1. The van der Waals surface area contributed by atoms with E-state index in [9.17, 15) is 4.39 Å². The highest BCUT2D eigenvalue weighted by Gasteiger charge is 2.16. The monoisotopic (exact) mass is 259 g/mol. The van der Waals surface area contributed by atoms with E-state index in [0.29, 0.717) is 5.56 Å².